The Morgan fingerprint density at radius 2 is 2.05 bits per heavy atom. The molecule has 6 heteroatoms. The van der Waals surface area contributed by atoms with E-state index in [1.165, 1.54) is 0 Å². The first-order chi connectivity index (χ1) is 10.4. The minimum atomic E-state index is -0.477. The number of nitrogens with zero attached hydrogens (tertiary/aromatic N) is 2. The highest BCUT2D eigenvalue weighted by Gasteiger charge is 2.24. The standard InChI is InChI=1S/C16H23N3O3/c1-16(2,3)22-15(21)18-13-6-8-19(9-7-13)14-5-4-12(11-20)10-17-14/h4-5,10-11,13H,6-9H2,1-3H3,(H,18,21). The summed E-state index contributed by atoms with van der Waals surface area (Å²) >= 11 is 0. The first-order valence-corrected chi connectivity index (χ1v) is 7.53. The summed E-state index contributed by atoms with van der Waals surface area (Å²) in [4.78, 5) is 28.8. The van der Waals surface area contributed by atoms with Gasteiger partial charge in [0.1, 0.15) is 11.4 Å². The third-order valence-corrected chi connectivity index (χ3v) is 3.45. The van der Waals surface area contributed by atoms with Crippen LogP contribution in [0.5, 0.6) is 0 Å². The van der Waals surface area contributed by atoms with E-state index in [0.29, 0.717) is 5.56 Å². The summed E-state index contributed by atoms with van der Waals surface area (Å²) in [6, 6.07) is 3.74. The normalized spacial score (nSPS) is 16.2. The number of aldehydes is 1. The molecule has 1 aromatic rings. The van der Waals surface area contributed by atoms with Gasteiger partial charge in [0, 0.05) is 30.9 Å². The Labute approximate surface area is 130 Å². The lowest BCUT2D eigenvalue weighted by molar-refractivity contribution is 0.0497. The van der Waals surface area contributed by atoms with Crippen molar-refractivity contribution in [2.75, 3.05) is 18.0 Å². The van der Waals surface area contributed by atoms with Gasteiger partial charge in [0.05, 0.1) is 0 Å². The van der Waals surface area contributed by atoms with Gasteiger partial charge in [-0.2, -0.15) is 0 Å². The summed E-state index contributed by atoms with van der Waals surface area (Å²) in [5.74, 6) is 0.862. The van der Waals surface area contributed by atoms with Gasteiger partial charge in [0.2, 0.25) is 0 Å². The quantitative estimate of drug-likeness (QED) is 0.868. The van der Waals surface area contributed by atoms with Gasteiger partial charge in [-0.15, -0.1) is 0 Å². The molecule has 1 aliphatic rings. The van der Waals surface area contributed by atoms with Crippen molar-refractivity contribution in [1.29, 1.82) is 0 Å². The number of rotatable bonds is 3. The van der Waals surface area contributed by atoms with Crippen LogP contribution in [0, 0.1) is 0 Å². The van der Waals surface area contributed by atoms with E-state index in [-0.39, 0.29) is 12.1 Å². The number of alkyl carbamates (subject to hydrolysis) is 1. The SMILES string of the molecule is CC(C)(C)OC(=O)NC1CCN(c2ccc(C=O)cn2)CC1. The molecule has 1 N–H and O–H groups in total. The van der Waals surface area contributed by atoms with Crippen LogP contribution >= 0.6 is 0 Å². The molecule has 0 aromatic carbocycles. The highest BCUT2D eigenvalue weighted by Crippen LogP contribution is 2.18. The predicted molar refractivity (Wildman–Crippen MR) is 84.2 cm³/mol. The minimum absolute atomic E-state index is 0.125. The van der Waals surface area contributed by atoms with Crippen LogP contribution < -0.4 is 10.2 Å². The molecule has 2 rings (SSSR count). The Bertz CT molecular complexity index is 514. The molecule has 0 radical (unpaired) electrons. The Morgan fingerprint density at radius 1 is 1.36 bits per heavy atom. The summed E-state index contributed by atoms with van der Waals surface area (Å²) in [5.41, 5.74) is 0.0971. The van der Waals surface area contributed by atoms with Gasteiger partial charge in [-0.1, -0.05) is 0 Å². The van der Waals surface area contributed by atoms with Crippen LogP contribution in [0.4, 0.5) is 10.6 Å². The number of amides is 1. The topological polar surface area (TPSA) is 71.5 Å². The third-order valence-electron chi connectivity index (χ3n) is 3.45. The summed E-state index contributed by atoms with van der Waals surface area (Å²) in [6.07, 6.45) is 3.69. The van der Waals surface area contributed by atoms with E-state index in [4.69, 9.17) is 4.74 Å². The molecule has 1 saturated heterocycles. The van der Waals surface area contributed by atoms with Crippen LogP contribution in [0.1, 0.15) is 44.0 Å². The van der Waals surface area contributed by atoms with Crippen molar-refractivity contribution in [2.24, 2.45) is 0 Å². The maximum Gasteiger partial charge on any atom is 0.407 e. The van der Waals surface area contributed by atoms with Crippen molar-refractivity contribution < 1.29 is 14.3 Å². The molecule has 0 saturated carbocycles. The van der Waals surface area contributed by atoms with Crippen LogP contribution in [-0.2, 0) is 4.74 Å². The van der Waals surface area contributed by atoms with E-state index in [9.17, 15) is 9.59 Å². The van der Waals surface area contributed by atoms with Gasteiger partial charge in [-0.3, -0.25) is 4.79 Å². The molecule has 1 amide bonds. The van der Waals surface area contributed by atoms with Gasteiger partial charge >= 0.3 is 6.09 Å². The zero-order valence-electron chi connectivity index (χ0n) is 13.3. The number of ether oxygens (including phenoxy) is 1. The molecule has 1 fully saturated rings. The number of carbonyl (C=O) groups excluding carboxylic acids is 2. The van der Waals surface area contributed by atoms with E-state index in [2.05, 4.69) is 15.2 Å². The minimum Gasteiger partial charge on any atom is -0.444 e. The Balaban J connectivity index is 1.82. The summed E-state index contributed by atoms with van der Waals surface area (Å²) in [6.45, 7) is 7.18. The lowest BCUT2D eigenvalue weighted by Crippen LogP contribution is -2.46. The molecule has 0 unspecified atom stereocenters. The number of hydrogen-bond donors (Lipinski definition) is 1. The molecular weight excluding hydrogens is 282 g/mol. The molecule has 6 nitrogen and oxygen atoms in total. The van der Waals surface area contributed by atoms with Crippen molar-refractivity contribution in [3.8, 4) is 0 Å². The van der Waals surface area contributed by atoms with Gasteiger partial charge < -0.3 is 15.0 Å². The van der Waals surface area contributed by atoms with Crippen molar-refractivity contribution in [3.05, 3.63) is 23.9 Å². The van der Waals surface area contributed by atoms with E-state index < -0.39 is 5.60 Å². The number of piperidine rings is 1. The predicted octanol–water partition coefficient (Wildman–Crippen LogP) is 2.39. The lowest BCUT2D eigenvalue weighted by atomic mass is 10.1. The number of aromatic nitrogens is 1. The fourth-order valence-electron chi connectivity index (χ4n) is 2.38. The average molecular weight is 305 g/mol. The Hall–Kier alpha value is -2.11. The zero-order chi connectivity index (χ0) is 16.2. The maximum atomic E-state index is 11.8. The average Bonchev–Trinajstić information content (AvgIpc) is 2.46. The van der Waals surface area contributed by atoms with Gasteiger partial charge in [-0.25, -0.2) is 9.78 Å². The second-order valence-corrected chi connectivity index (χ2v) is 6.48. The highest BCUT2D eigenvalue weighted by molar-refractivity contribution is 5.74. The molecule has 120 valence electrons. The lowest BCUT2D eigenvalue weighted by Gasteiger charge is -2.33. The fourth-order valence-corrected chi connectivity index (χ4v) is 2.38. The number of hydrogen-bond acceptors (Lipinski definition) is 5. The number of anilines is 1. The van der Waals surface area contributed by atoms with E-state index in [1.54, 1.807) is 12.3 Å². The van der Waals surface area contributed by atoms with Crippen LogP contribution in [0.25, 0.3) is 0 Å². The Kier molecular flexibility index (Phi) is 5.00. The number of nitrogens with one attached hydrogen (secondary N) is 1. The highest BCUT2D eigenvalue weighted by atomic mass is 16.6. The third kappa shape index (κ3) is 4.72. The van der Waals surface area contributed by atoms with Gasteiger partial charge in [-0.05, 0) is 45.7 Å². The van der Waals surface area contributed by atoms with Gasteiger partial charge in [0.25, 0.3) is 0 Å². The van der Waals surface area contributed by atoms with E-state index >= 15 is 0 Å². The molecule has 0 bridgehead atoms. The smallest absolute Gasteiger partial charge is 0.407 e. The van der Waals surface area contributed by atoms with Crippen LogP contribution in [0.15, 0.2) is 18.3 Å². The van der Waals surface area contributed by atoms with Crippen LogP contribution in [-0.4, -0.2) is 42.1 Å². The molecule has 1 aliphatic heterocycles. The number of carbonyl (C=O) groups is 2. The second-order valence-electron chi connectivity index (χ2n) is 6.48. The van der Waals surface area contributed by atoms with E-state index in [0.717, 1.165) is 38.0 Å². The first kappa shape index (κ1) is 16.3. The molecule has 0 aliphatic carbocycles. The largest absolute Gasteiger partial charge is 0.444 e. The van der Waals surface area contributed by atoms with Crippen molar-refractivity contribution >= 4 is 18.2 Å². The van der Waals surface area contributed by atoms with E-state index in [1.807, 2.05) is 26.8 Å². The molecule has 22 heavy (non-hydrogen) atoms. The first-order valence-electron chi connectivity index (χ1n) is 7.53. The molecule has 1 aromatic heterocycles. The van der Waals surface area contributed by atoms with Crippen molar-refractivity contribution in [3.63, 3.8) is 0 Å². The van der Waals surface area contributed by atoms with Gasteiger partial charge in [0.15, 0.2) is 6.29 Å². The summed E-state index contributed by atoms with van der Waals surface area (Å²) in [7, 11) is 0. The Morgan fingerprint density at radius 3 is 2.55 bits per heavy atom. The fraction of sp³-hybridized carbons (Fsp3) is 0.562. The van der Waals surface area contributed by atoms with Crippen molar-refractivity contribution in [2.45, 2.75) is 45.3 Å². The summed E-state index contributed by atoms with van der Waals surface area (Å²) < 4.78 is 5.27. The number of pyridine rings is 1. The second kappa shape index (κ2) is 6.77. The molecular formula is C16H23N3O3. The molecule has 0 atom stereocenters. The van der Waals surface area contributed by atoms with Crippen molar-refractivity contribution in [1.82, 2.24) is 10.3 Å². The molecule has 0 spiro atoms. The maximum absolute atomic E-state index is 11.8. The zero-order valence-corrected chi connectivity index (χ0v) is 13.3. The molecule has 2 heterocycles. The monoisotopic (exact) mass is 305 g/mol. The van der Waals surface area contributed by atoms with Crippen LogP contribution in [0.2, 0.25) is 0 Å². The summed E-state index contributed by atoms with van der Waals surface area (Å²) in [5, 5.41) is 2.91. The van der Waals surface area contributed by atoms with Crippen LogP contribution in [0.3, 0.4) is 0 Å².